The predicted octanol–water partition coefficient (Wildman–Crippen LogP) is 3.89. The van der Waals surface area contributed by atoms with Crippen LogP contribution in [0.15, 0.2) is 78.9 Å². The molecule has 0 aliphatic rings. The van der Waals surface area contributed by atoms with Gasteiger partial charge in [-0.05, 0) is 47.7 Å². The van der Waals surface area contributed by atoms with Crippen molar-refractivity contribution >= 4 is 17.6 Å². The molecule has 5 nitrogen and oxygen atoms in total. The van der Waals surface area contributed by atoms with Crippen LogP contribution in [0, 0.1) is 0 Å². The van der Waals surface area contributed by atoms with E-state index >= 15 is 0 Å². The number of aryl methyl sites for hydroxylation is 2. The molecule has 0 saturated carbocycles. The number of rotatable bonds is 7. The van der Waals surface area contributed by atoms with Gasteiger partial charge in [-0.15, -0.1) is 0 Å². The maximum atomic E-state index is 12.7. The minimum atomic E-state index is -0.604. The first-order valence-corrected chi connectivity index (χ1v) is 9.17. The molecule has 0 atom stereocenters. The lowest BCUT2D eigenvalue weighted by Crippen LogP contribution is -2.24. The Morgan fingerprint density at radius 2 is 1.43 bits per heavy atom. The lowest BCUT2D eigenvalue weighted by Gasteiger charge is -2.11. The Labute approximate surface area is 164 Å². The molecule has 0 radical (unpaired) electrons. The van der Waals surface area contributed by atoms with Gasteiger partial charge in [-0.3, -0.25) is 4.79 Å². The van der Waals surface area contributed by atoms with Crippen molar-refractivity contribution in [3.8, 4) is 0 Å². The summed E-state index contributed by atoms with van der Waals surface area (Å²) in [5.74, 6) is -0.0944. The maximum absolute atomic E-state index is 12.7. The molecule has 142 valence electrons. The van der Waals surface area contributed by atoms with Crippen molar-refractivity contribution in [2.24, 2.45) is 5.73 Å². The fourth-order valence-electron chi connectivity index (χ4n) is 3.01. The molecule has 0 spiro atoms. The molecule has 0 saturated heterocycles. The molecular formula is C23H23N3O2. The molecule has 28 heavy (non-hydrogen) atoms. The van der Waals surface area contributed by atoms with Crippen LogP contribution in [-0.2, 0) is 19.4 Å². The zero-order valence-electron chi connectivity index (χ0n) is 15.5. The zero-order valence-corrected chi connectivity index (χ0v) is 15.5. The smallest absolute Gasteiger partial charge is 0.316 e. The van der Waals surface area contributed by atoms with Gasteiger partial charge >= 0.3 is 6.03 Å². The Bertz CT molecular complexity index is 938. The molecule has 0 aliphatic carbocycles. The van der Waals surface area contributed by atoms with Gasteiger partial charge in [0.25, 0.3) is 5.91 Å². The maximum Gasteiger partial charge on any atom is 0.316 e. The van der Waals surface area contributed by atoms with E-state index in [0.29, 0.717) is 17.8 Å². The second-order valence-electron chi connectivity index (χ2n) is 6.51. The van der Waals surface area contributed by atoms with Gasteiger partial charge in [0.05, 0.1) is 0 Å². The lowest BCUT2D eigenvalue weighted by atomic mass is 9.99. The lowest BCUT2D eigenvalue weighted by molar-refractivity contribution is 0.0950. The van der Waals surface area contributed by atoms with E-state index in [4.69, 9.17) is 5.73 Å². The van der Waals surface area contributed by atoms with Gasteiger partial charge in [-0.25, -0.2) is 4.79 Å². The minimum absolute atomic E-state index is 0.0944. The van der Waals surface area contributed by atoms with Gasteiger partial charge in [-0.2, -0.15) is 0 Å². The van der Waals surface area contributed by atoms with Crippen molar-refractivity contribution < 1.29 is 9.59 Å². The average molecular weight is 373 g/mol. The summed E-state index contributed by atoms with van der Waals surface area (Å²) in [4.78, 5) is 23.5. The van der Waals surface area contributed by atoms with Crippen molar-refractivity contribution in [2.75, 3.05) is 5.32 Å². The monoisotopic (exact) mass is 373 g/mol. The van der Waals surface area contributed by atoms with Crippen LogP contribution in [0.25, 0.3) is 0 Å². The number of hydrogen-bond donors (Lipinski definition) is 3. The summed E-state index contributed by atoms with van der Waals surface area (Å²) >= 11 is 0. The SMILES string of the molecule is NC(=O)Nc1ccc(CNC(=O)c2ccccc2CCc2ccccc2)cc1. The van der Waals surface area contributed by atoms with Crippen LogP contribution in [0.4, 0.5) is 10.5 Å². The molecule has 0 aliphatic heterocycles. The van der Waals surface area contributed by atoms with Crippen LogP contribution < -0.4 is 16.4 Å². The van der Waals surface area contributed by atoms with E-state index in [2.05, 4.69) is 22.8 Å². The van der Waals surface area contributed by atoms with Crippen LogP contribution in [0.2, 0.25) is 0 Å². The first-order chi connectivity index (χ1) is 13.6. The van der Waals surface area contributed by atoms with Gasteiger partial charge in [0, 0.05) is 17.8 Å². The Morgan fingerprint density at radius 3 is 2.14 bits per heavy atom. The van der Waals surface area contributed by atoms with Crippen LogP contribution in [-0.4, -0.2) is 11.9 Å². The number of nitrogens with one attached hydrogen (secondary N) is 2. The molecule has 3 amide bonds. The van der Waals surface area contributed by atoms with E-state index in [1.807, 2.05) is 54.6 Å². The van der Waals surface area contributed by atoms with E-state index in [1.54, 1.807) is 12.1 Å². The molecule has 0 unspecified atom stereocenters. The largest absolute Gasteiger partial charge is 0.351 e. The summed E-state index contributed by atoms with van der Waals surface area (Å²) in [6.07, 6.45) is 1.69. The number of primary amides is 1. The molecule has 5 heteroatoms. The number of anilines is 1. The first kappa shape index (κ1) is 19.2. The van der Waals surface area contributed by atoms with E-state index in [0.717, 1.165) is 24.0 Å². The molecule has 3 aromatic rings. The first-order valence-electron chi connectivity index (χ1n) is 9.17. The minimum Gasteiger partial charge on any atom is -0.351 e. The highest BCUT2D eigenvalue weighted by molar-refractivity contribution is 5.95. The predicted molar refractivity (Wildman–Crippen MR) is 111 cm³/mol. The Hall–Kier alpha value is -3.60. The summed E-state index contributed by atoms with van der Waals surface area (Å²) < 4.78 is 0. The normalized spacial score (nSPS) is 10.3. The molecule has 0 aromatic heterocycles. The third-order valence-corrected chi connectivity index (χ3v) is 4.46. The molecule has 4 N–H and O–H groups in total. The molecule has 0 bridgehead atoms. The highest BCUT2D eigenvalue weighted by atomic mass is 16.2. The number of nitrogens with two attached hydrogens (primary N) is 1. The molecule has 0 heterocycles. The van der Waals surface area contributed by atoms with Crippen molar-refractivity contribution in [1.29, 1.82) is 0 Å². The van der Waals surface area contributed by atoms with Gasteiger partial charge in [-0.1, -0.05) is 60.7 Å². The molecule has 0 fully saturated rings. The third kappa shape index (κ3) is 5.45. The van der Waals surface area contributed by atoms with Crippen molar-refractivity contribution in [3.05, 3.63) is 101 Å². The fourth-order valence-corrected chi connectivity index (χ4v) is 3.01. The summed E-state index contributed by atoms with van der Waals surface area (Å²) in [7, 11) is 0. The number of urea groups is 1. The van der Waals surface area contributed by atoms with Crippen molar-refractivity contribution in [1.82, 2.24) is 5.32 Å². The summed E-state index contributed by atoms with van der Waals surface area (Å²) in [6, 6.07) is 24.5. The number of carbonyl (C=O) groups excluding carboxylic acids is 2. The number of hydrogen-bond acceptors (Lipinski definition) is 2. The Morgan fingerprint density at radius 1 is 0.750 bits per heavy atom. The van der Waals surface area contributed by atoms with Crippen molar-refractivity contribution in [2.45, 2.75) is 19.4 Å². The Balaban J connectivity index is 1.60. The average Bonchev–Trinajstić information content (AvgIpc) is 2.72. The van der Waals surface area contributed by atoms with Crippen LogP contribution >= 0.6 is 0 Å². The van der Waals surface area contributed by atoms with Gasteiger partial charge in [0.1, 0.15) is 0 Å². The summed E-state index contributed by atoms with van der Waals surface area (Å²) in [5, 5.41) is 5.47. The highest BCUT2D eigenvalue weighted by Gasteiger charge is 2.10. The number of carbonyl (C=O) groups is 2. The third-order valence-electron chi connectivity index (χ3n) is 4.46. The van der Waals surface area contributed by atoms with E-state index < -0.39 is 6.03 Å². The van der Waals surface area contributed by atoms with Gasteiger partial charge in [0.15, 0.2) is 0 Å². The van der Waals surface area contributed by atoms with Gasteiger partial charge < -0.3 is 16.4 Å². The van der Waals surface area contributed by atoms with Gasteiger partial charge in [0.2, 0.25) is 0 Å². The molecule has 3 aromatic carbocycles. The van der Waals surface area contributed by atoms with Crippen LogP contribution in [0.5, 0.6) is 0 Å². The van der Waals surface area contributed by atoms with E-state index in [-0.39, 0.29) is 5.91 Å². The number of amides is 3. The standard InChI is InChI=1S/C23H23N3O2/c24-23(28)26-20-14-11-18(12-15-20)16-25-22(27)21-9-5-4-8-19(21)13-10-17-6-2-1-3-7-17/h1-9,11-12,14-15H,10,13,16H2,(H,25,27)(H3,24,26,28). The summed E-state index contributed by atoms with van der Waals surface area (Å²) in [6.45, 7) is 0.405. The number of benzene rings is 3. The van der Waals surface area contributed by atoms with E-state index in [9.17, 15) is 9.59 Å². The molecular weight excluding hydrogens is 350 g/mol. The van der Waals surface area contributed by atoms with Crippen LogP contribution in [0.3, 0.4) is 0 Å². The van der Waals surface area contributed by atoms with Crippen molar-refractivity contribution in [3.63, 3.8) is 0 Å². The van der Waals surface area contributed by atoms with Crippen LogP contribution in [0.1, 0.15) is 27.0 Å². The Kier molecular flexibility index (Phi) is 6.41. The topological polar surface area (TPSA) is 84.2 Å². The fraction of sp³-hybridized carbons (Fsp3) is 0.130. The zero-order chi connectivity index (χ0) is 19.8. The molecule has 3 rings (SSSR count). The second-order valence-corrected chi connectivity index (χ2v) is 6.51. The second kappa shape index (κ2) is 9.37. The highest BCUT2D eigenvalue weighted by Crippen LogP contribution is 2.14. The summed E-state index contributed by atoms with van der Waals surface area (Å²) in [5.41, 5.74) is 9.63. The quantitative estimate of drug-likeness (QED) is 0.587. The van der Waals surface area contributed by atoms with E-state index in [1.165, 1.54) is 5.56 Å².